The van der Waals surface area contributed by atoms with Gasteiger partial charge >= 0.3 is 0 Å². The molecule has 0 aliphatic heterocycles. The number of hydrogen-bond acceptors (Lipinski definition) is 5. The molecule has 6 nitrogen and oxygen atoms in total. The van der Waals surface area contributed by atoms with Crippen molar-refractivity contribution in [2.24, 2.45) is 5.16 Å². The van der Waals surface area contributed by atoms with Gasteiger partial charge in [-0.25, -0.2) is 8.42 Å². The number of nitrogens with one attached hydrogen (secondary N) is 1. The van der Waals surface area contributed by atoms with Gasteiger partial charge < -0.3 is 9.94 Å². The summed E-state index contributed by atoms with van der Waals surface area (Å²) in [5.41, 5.74) is 1.65. The van der Waals surface area contributed by atoms with Crippen LogP contribution in [0.1, 0.15) is 19.4 Å². The van der Waals surface area contributed by atoms with Crippen LogP contribution in [-0.2, 0) is 14.8 Å². The first-order valence-electron chi connectivity index (χ1n) is 5.86. The molecular formula is C12H18N2O4S. The molecule has 0 heterocycles. The van der Waals surface area contributed by atoms with Crippen molar-refractivity contribution in [1.82, 2.24) is 0 Å². The summed E-state index contributed by atoms with van der Waals surface area (Å²) in [5.74, 6) is -0.0836. The highest BCUT2D eigenvalue weighted by molar-refractivity contribution is 7.92. The van der Waals surface area contributed by atoms with Crippen LogP contribution >= 0.6 is 0 Å². The summed E-state index contributed by atoms with van der Waals surface area (Å²) in [4.78, 5) is 0. The number of nitrogens with zero attached hydrogens (tertiary/aromatic N) is 1. The molecule has 0 atom stereocenters. The SMILES string of the molecule is CCOCCS(=O)(=O)Nc1ccc(C(C)=NO)cc1. The normalized spacial score (nSPS) is 12.4. The van der Waals surface area contributed by atoms with Gasteiger partial charge in [-0.15, -0.1) is 0 Å². The van der Waals surface area contributed by atoms with Crippen LogP contribution in [-0.4, -0.2) is 38.3 Å². The number of anilines is 1. The fraction of sp³-hybridized carbons (Fsp3) is 0.417. The van der Waals surface area contributed by atoms with Crippen molar-refractivity contribution in [2.45, 2.75) is 13.8 Å². The number of benzene rings is 1. The Morgan fingerprint density at radius 1 is 1.37 bits per heavy atom. The van der Waals surface area contributed by atoms with E-state index in [1.807, 2.05) is 6.92 Å². The molecule has 0 fully saturated rings. The smallest absolute Gasteiger partial charge is 0.234 e. The monoisotopic (exact) mass is 286 g/mol. The van der Waals surface area contributed by atoms with Crippen molar-refractivity contribution in [3.05, 3.63) is 29.8 Å². The zero-order valence-corrected chi connectivity index (χ0v) is 11.8. The number of oxime groups is 1. The largest absolute Gasteiger partial charge is 0.411 e. The standard InChI is InChI=1S/C12H18N2O4S/c1-3-18-8-9-19(16,17)14-12-6-4-11(5-7-12)10(2)13-15/h4-7,14-15H,3,8-9H2,1-2H3. The number of hydrogen-bond donors (Lipinski definition) is 2. The molecule has 0 spiro atoms. The average Bonchev–Trinajstić information content (AvgIpc) is 2.38. The van der Waals surface area contributed by atoms with E-state index in [0.717, 1.165) is 5.56 Å². The Morgan fingerprint density at radius 3 is 2.53 bits per heavy atom. The summed E-state index contributed by atoms with van der Waals surface area (Å²) >= 11 is 0. The third-order valence-corrected chi connectivity index (χ3v) is 3.68. The molecule has 0 saturated carbocycles. The lowest BCUT2D eigenvalue weighted by Gasteiger charge is -2.08. The van der Waals surface area contributed by atoms with Crippen molar-refractivity contribution in [2.75, 3.05) is 23.7 Å². The zero-order valence-electron chi connectivity index (χ0n) is 11.0. The number of sulfonamides is 1. The van der Waals surface area contributed by atoms with E-state index in [1.165, 1.54) is 0 Å². The maximum absolute atomic E-state index is 11.7. The molecule has 2 N–H and O–H groups in total. The Hall–Kier alpha value is -1.60. The summed E-state index contributed by atoms with van der Waals surface area (Å²) in [7, 11) is -3.40. The third-order valence-electron chi connectivity index (χ3n) is 2.43. The lowest BCUT2D eigenvalue weighted by molar-refractivity contribution is 0.163. The molecule has 0 unspecified atom stereocenters. The lowest BCUT2D eigenvalue weighted by atomic mass is 10.1. The first-order valence-corrected chi connectivity index (χ1v) is 7.51. The molecule has 1 rings (SSSR count). The van der Waals surface area contributed by atoms with Crippen molar-refractivity contribution >= 4 is 21.4 Å². The molecule has 0 bridgehead atoms. The second-order valence-corrected chi connectivity index (χ2v) is 5.72. The van der Waals surface area contributed by atoms with E-state index in [1.54, 1.807) is 31.2 Å². The van der Waals surface area contributed by atoms with E-state index in [9.17, 15) is 8.42 Å². The molecule has 0 radical (unpaired) electrons. The van der Waals surface area contributed by atoms with Crippen LogP contribution in [0, 0.1) is 0 Å². The molecule has 0 aromatic heterocycles. The first-order chi connectivity index (χ1) is 8.98. The van der Waals surface area contributed by atoms with Crippen LogP contribution in [0.5, 0.6) is 0 Å². The van der Waals surface area contributed by atoms with Crippen LogP contribution < -0.4 is 4.72 Å². The quantitative estimate of drug-likeness (QED) is 0.345. The second-order valence-electron chi connectivity index (χ2n) is 3.88. The maximum atomic E-state index is 11.7. The highest BCUT2D eigenvalue weighted by atomic mass is 32.2. The van der Waals surface area contributed by atoms with Crippen LogP contribution in [0.3, 0.4) is 0 Å². The van der Waals surface area contributed by atoms with E-state index in [2.05, 4.69) is 9.88 Å². The molecule has 0 aliphatic rings. The minimum Gasteiger partial charge on any atom is -0.411 e. The van der Waals surface area contributed by atoms with Crippen LogP contribution in [0.25, 0.3) is 0 Å². The van der Waals surface area contributed by atoms with Gasteiger partial charge in [0.05, 0.1) is 18.1 Å². The molecule has 1 aromatic carbocycles. The summed E-state index contributed by atoms with van der Waals surface area (Å²) in [6, 6.07) is 6.58. The zero-order chi connectivity index (χ0) is 14.3. The topological polar surface area (TPSA) is 88.0 Å². The second kappa shape index (κ2) is 7.10. The van der Waals surface area contributed by atoms with E-state index < -0.39 is 10.0 Å². The summed E-state index contributed by atoms with van der Waals surface area (Å²) in [6.45, 7) is 4.12. The summed E-state index contributed by atoms with van der Waals surface area (Å²) in [5, 5.41) is 11.7. The van der Waals surface area contributed by atoms with E-state index in [-0.39, 0.29) is 12.4 Å². The molecule has 0 aliphatic carbocycles. The van der Waals surface area contributed by atoms with Crippen molar-refractivity contribution in [3.8, 4) is 0 Å². The van der Waals surface area contributed by atoms with E-state index >= 15 is 0 Å². The Kier molecular flexibility index (Phi) is 5.78. The first kappa shape index (κ1) is 15.5. The van der Waals surface area contributed by atoms with E-state index in [4.69, 9.17) is 9.94 Å². The molecule has 7 heteroatoms. The summed E-state index contributed by atoms with van der Waals surface area (Å²) < 4.78 is 30.9. The molecule has 106 valence electrons. The van der Waals surface area contributed by atoms with Gasteiger partial charge in [-0.2, -0.15) is 0 Å². The lowest BCUT2D eigenvalue weighted by Crippen LogP contribution is -2.20. The minimum absolute atomic E-state index is 0.0836. The van der Waals surface area contributed by atoms with Gasteiger partial charge in [-0.1, -0.05) is 17.3 Å². The van der Waals surface area contributed by atoms with Gasteiger partial charge in [0.1, 0.15) is 0 Å². The molecular weight excluding hydrogens is 268 g/mol. The van der Waals surface area contributed by atoms with Crippen molar-refractivity contribution in [3.63, 3.8) is 0 Å². The van der Waals surface area contributed by atoms with Crippen LogP contribution in [0.15, 0.2) is 29.4 Å². The van der Waals surface area contributed by atoms with Gasteiger partial charge in [-0.3, -0.25) is 4.72 Å². The maximum Gasteiger partial charge on any atom is 0.234 e. The minimum atomic E-state index is -3.40. The van der Waals surface area contributed by atoms with Gasteiger partial charge in [0.25, 0.3) is 0 Å². The third kappa shape index (κ3) is 5.27. The van der Waals surface area contributed by atoms with Gasteiger partial charge in [0.2, 0.25) is 10.0 Å². The summed E-state index contributed by atoms with van der Waals surface area (Å²) in [6.07, 6.45) is 0. The Labute approximate surface area is 113 Å². The molecule has 1 aromatic rings. The van der Waals surface area contributed by atoms with Crippen LogP contribution in [0.2, 0.25) is 0 Å². The Bertz CT molecular complexity index is 523. The highest BCUT2D eigenvalue weighted by Crippen LogP contribution is 2.12. The van der Waals surface area contributed by atoms with Crippen molar-refractivity contribution in [1.29, 1.82) is 0 Å². The number of ether oxygens (including phenoxy) is 1. The Morgan fingerprint density at radius 2 is 2.00 bits per heavy atom. The number of rotatable bonds is 7. The fourth-order valence-electron chi connectivity index (χ4n) is 1.38. The highest BCUT2D eigenvalue weighted by Gasteiger charge is 2.10. The predicted octanol–water partition coefficient (Wildman–Crippen LogP) is 1.66. The van der Waals surface area contributed by atoms with E-state index in [0.29, 0.717) is 18.0 Å². The van der Waals surface area contributed by atoms with Gasteiger partial charge in [0.15, 0.2) is 0 Å². The fourth-order valence-corrected chi connectivity index (χ4v) is 2.32. The van der Waals surface area contributed by atoms with Gasteiger partial charge in [0, 0.05) is 12.3 Å². The average molecular weight is 286 g/mol. The van der Waals surface area contributed by atoms with Crippen molar-refractivity contribution < 1.29 is 18.4 Å². The molecule has 0 saturated heterocycles. The Balaban J connectivity index is 2.67. The molecule has 0 amide bonds. The van der Waals surface area contributed by atoms with Crippen LogP contribution in [0.4, 0.5) is 5.69 Å². The molecule has 19 heavy (non-hydrogen) atoms. The van der Waals surface area contributed by atoms with Gasteiger partial charge in [-0.05, 0) is 31.5 Å². The predicted molar refractivity (Wildman–Crippen MR) is 74.3 cm³/mol.